The topological polar surface area (TPSA) is 58.1 Å². The molecule has 1 fully saturated rings. The summed E-state index contributed by atoms with van der Waals surface area (Å²) in [7, 11) is 0. The van der Waals surface area contributed by atoms with E-state index in [1.165, 1.54) is 16.0 Å². The number of hydrogen-bond donors (Lipinski definition) is 1. The zero-order valence-electron chi connectivity index (χ0n) is 14.1. The molecule has 0 aliphatic carbocycles. The van der Waals surface area contributed by atoms with Crippen LogP contribution in [0.25, 0.3) is 0 Å². The molecule has 1 amide bonds. The van der Waals surface area contributed by atoms with Crippen molar-refractivity contribution in [1.82, 2.24) is 15.3 Å². The molecule has 128 valence electrons. The van der Waals surface area contributed by atoms with Crippen molar-refractivity contribution >= 4 is 34.8 Å². The number of rotatable bonds is 4. The van der Waals surface area contributed by atoms with Crippen LogP contribution in [0.2, 0.25) is 5.02 Å². The van der Waals surface area contributed by atoms with Gasteiger partial charge in [-0.3, -0.25) is 4.79 Å². The summed E-state index contributed by atoms with van der Waals surface area (Å²) in [5.74, 6) is 0.316. The van der Waals surface area contributed by atoms with Crippen LogP contribution in [-0.4, -0.2) is 29.0 Å². The lowest BCUT2D eigenvalue weighted by molar-refractivity contribution is 0.0935. The highest BCUT2D eigenvalue weighted by atomic mass is 35.5. The molecule has 3 rings (SSSR count). The maximum atomic E-state index is 12.6. The van der Waals surface area contributed by atoms with Gasteiger partial charge in [0.05, 0.1) is 17.3 Å². The number of aromatic nitrogens is 2. The predicted molar refractivity (Wildman–Crippen MR) is 98.2 cm³/mol. The second-order valence-electron chi connectivity index (χ2n) is 6.12. The van der Waals surface area contributed by atoms with Gasteiger partial charge in [-0.25, -0.2) is 9.97 Å². The standard InChI is InChI=1S/C17H21ClN4OS/c1-10-8-13(12(3)24-10)11(2)20-16(23)15-14(18)9-19-17(21-15)22-6-4-5-7-22/h8-9,11H,4-7H2,1-3H3,(H,20,23)/t11-/m1/s1. The minimum absolute atomic E-state index is 0.0938. The third kappa shape index (κ3) is 3.54. The van der Waals surface area contributed by atoms with Gasteiger partial charge in [0.15, 0.2) is 5.69 Å². The first-order valence-electron chi connectivity index (χ1n) is 8.11. The molecule has 1 N–H and O–H groups in total. The third-order valence-corrected chi connectivity index (χ3v) is 5.49. The molecule has 0 unspecified atom stereocenters. The molecule has 24 heavy (non-hydrogen) atoms. The smallest absolute Gasteiger partial charge is 0.272 e. The fraction of sp³-hybridized carbons (Fsp3) is 0.471. The van der Waals surface area contributed by atoms with Gasteiger partial charge in [0.25, 0.3) is 5.91 Å². The number of carbonyl (C=O) groups is 1. The Morgan fingerprint density at radius 2 is 2.08 bits per heavy atom. The summed E-state index contributed by atoms with van der Waals surface area (Å²) >= 11 is 7.89. The summed E-state index contributed by atoms with van der Waals surface area (Å²) in [5.41, 5.74) is 1.38. The number of anilines is 1. The molecule has 1 aliphatic rings. The minimum atomic E-state index is -0.265. The molecule has 0 bridgehead atoms. The highest BCUT2D eigenvalue weighted by molar-refractivity contribution is 7.12. The molecule has 1 aliphatic heterocycles. The van der Waals surface area contributed by atoms with Crippen molar-refractivity contribution in [1.29, 1.82) is 0 Å². The van der Waals surface area contributed by atoms with E-state index in [4.69, 9.17) is 11.6 Å². The van der Waals surface area contributed by atoms with Crippen LogP contribution in [0.3, 0.4) is 0 Å². The lowest BCUT2D eigenvalue weighted by Crippen LogP contribution is -2.29. The first-order chi connectivity index (χ1) is 11.5. The Bertz CT molecular complexity index is 755. The Kier molecular flexibility index (Phi) is 5.06. The second kappa shape index (κ2) is 7.07. The summed E-state index contributed by atoms with van der Waals surface area (Å²) in [6.07, 6.45) is 3.77. The van der Waals surface area contributed by atoms with Gasteiger partial charge in [-0.15, -0.1) is 11.3 Å². The summed E-state index contributed by atoms with van der Waals surface area (Å²) in [6, 6.07) is 2.02. The van der Waals surface area contributed by atoms with Crippen molar-refractivity contribution < 1.29 is 4.79 Å². The van der Waals surface area contributed by atoms with Gasteiger partial charge in [-0.2, -0.15) is 0 Å². The van der Waals surface area contributed by atoms with Crippen LogP contribution in [0.15, 0.2) is 12.3 Å². The SMILES string of the molecule is Cc1cc([C@@H](C)NC(=O)c2nc(N3CCCC3)ncc2Cl)c(C)s1. The lowest BCUT2D eigenvalue weighted by atomic mass is 10.1. The molecule has 2 aromatic heterocycles. The number of thiophene rings is 1. The van der Waals surface area contributed by atoms with Crippen LogP contribution in [0, 0.1) is 13.8 Å². The van der Waals surface area contributed by atoms with Crippen molar-refractivity contribution in [3.05, 3.63) is 38.3 Å². The van der Waals surface area contributed by atoms with Gasteiger partial charge < -0.3 is 10.2 Å². The zero-order valence-corrected chi connectivity index (χ0v) is 15.7. The van der Waals surface area contributed by atoms with E-state index in [9.17, 15) is 4.79 Å². The van der Waals surface area contributed by atoms with Crippen molar-refractivity contribution in [2.24, 2.45) is 0 Å². The molecule has 0 radical (unpaired) electrons. The van der Waals surface area contributed by atoms with E-state index in [0.29, 0.717) is 5.95 Å². The number of carbonyl (C=O) groups excluding carboxylic acids is 1. The van der Waals surface area contributed by atoms with E-state index < -0.39 is 0 Å². The zero-order chi connectivity index (χ0) is 17.3. The van der Waals surface area contributed by atoms with Crippen LogP contribution in [0.5, 0.6) is 0 Å². The third-order valence-electron chi connectivity index (χ3n) is 4.23. The predicted octanol–water partition coefficient (Wildman–Crippen LogP) is 3.90. The maximum absolute atomic E-state index is 12.6. The van der Waals surface area contributed by atoms with Gasteiger partial charge in [0.2, 0.25) is 5.95 Å². The van der Waals surface area contributed by atoms with Crippen LogP contribution < -0.4 is 10.2 Å². The Morgan fingerprint density at radius 1 is 1.38 bits per heavy atom. The fourth-order valence-electron chi connectivity index (χ4n) is 3.01. The summed E-state index contributed by atoms with van der Waals surface area (Å²) in [4.78, 5) is 25.8. The molecule has 0 saturated carbocycles. The molecular weight excluding hydrogens is 344 g/mol. The van der Waals surface area contributed by atoms with Gasteiger partial charge in [-0.05, 0) is 45.2 Å². The minimum Gasteiger partial charge on any atom is -0.344 e. The molecule has 1 saturated heterocycles. The average Bonchev–Trinajstić information content (AvgIpc) is 3.17. The maximum Gasteiger partial charge on any atom is 0.272 e. The first kappa shape index (κ1) is 17.2. The molecule has 0 aromatic carbocycles. The van der Waals surface area contributed by atoms with E-state index in [-0.39, 0.29) is 22.7 Å². The van der Waals surface area contributed by atoms with Gasteiger partial charge in [0, 0.05) is 22.8 Å². The number of nitrogens with one attached hydrogen (secondary N) is 1. The Hall–Kier alpha value is -1.66. The molecule has 7 heteroatoms. The van der Waals surface area contributed by atoms with E-state index in [1.54, 1.807) is 11.3 Å². The summed E-state index contributed by atoms with van der Waals surface area (Å²) < 4.78 is 0. The van der Waals surface area contributed by atoms with Crippen LogP contribution in [0.4, 0.5) is 5.95 Å². The molecule has 0 spiro atoms. The molecule has 2 aromatic rings. The van der Waals surface area contributed by atoms with E-state index in [1.807, 2.05) is 6.92 Å². The van der Waals surface area contributed by atoms with Crippen molar-refractivity contribution in [3.63, 3.8) is 0 Å². The van der Waals surface area contributed by atoms with Crippen LogP contribution in [0.1, 0.15) is 51.6 Å². The largest absolute Gasteiger partial charge is 0.344 e. The Balaban J connectivity index is 1.79. The highest BCUT2D eigenvalue weighted by Gasteiger charge is 2.21. The summed E-state index contributed by atoms with van der Waals surface area (Å²) in [6.45, 7) is 7.96. The molecular formula is C17H21ClN4OS. The monoisotopic (exact) mass is 364 g/mol. The van der Waals surface area contributed by atoms with Crippen LogP contribution in [-0.2, 0) is 0 Å². The van der Waals surface area contributed by atoms with Gasteiger partial charge >= 0.3 is 0 Å². The fourth-order valence-corrected chi connectivity index (χ4v) is 4.21. The van der Waals surface area contributed by atoms with Crippen molar-refractivity contribution in [3.8, 4) is 0 Å². The van der Waals surface area contributed by atoms with Gasteiger partial charge in [0.1, 0.15) is 0 Å². The second-order valence-corrected chi connectivity index (χ2v) is 7.99. The number of halogens is 1. The number of aryl methyl sites for hydroxylation is 2. The van der Waals surface area contributed by atoms with E-state index >= 15 is 0 Å². The molecule has 5 nitrogen and oxygen atoms in total. The molecule has 1 atom stereocenters. The summed E-state index contributed by atoms with van der Waals surface area (Å²) in [5, 5.41) is 3.28. The average molecular weight is 365 g/mol. The van der Waals surface area contributed by atoms with E-state index in [0.717, 1.165) is 31.5 Å². The van der Waals surface area contributed by atoms with E-state index in [2.05, 4.69) is 40.1 Å². The van der Waals surface area contributed by atoms with Crippen LogP contribution >= 0.6 is 22.9 Å². The van der Waals surface area contributed by atoms with Crippen molar-refractivity contribution in [2.45, 2.75) is 39.7 Å². The number of hydrogen-bond acceptors (Lipinski definition) is 5. The number of amides is 1. The van der Waals surface area contributed by atoms with Gasteiger partial charge in [-0.1, -0.05) is 11.6 Å². The highest BCUT2D eigenvalue weighted by Crippen LogP contribution is 2.27. The number of nitrogens with zero attached hydrogens (tertiary/aromatic N) is 3. The van der Waals surface area contributed by atoms with Crippen molar-refractivity contribution in [2.75, 3.05) is 18.0 Å². The quantitative estimate of drug-likeness (QED) is 0.893. The normalized spacial score (nSPS) is 15.6. The Labute approximate surface area is 151 Å². The molecule has 3 heterocycles. The first-order valence-corrected chi connectivity index (χ1v) is 9.30. The Morgan fingerprint density at radius 3 is 2.71 bits per heavy atom. The lowest BCUT2D eigenvalue weighted by Gasteiger charge is -2.17.